The molecule has 2 nitrogen and oxygen atoms in total. The van der Waals surface area contributed by atoms with E-state index < -0.39 is 0 Å². The molecule has 0 N–H and O–H groups in total. The van der Waals surface area contributed by atoms with Gasteiger partial charge in [0.1, 0.15) is 5.75 Å². The Hall–Kier alpha value is -1.35. The molecule has 0 aromatic heterocycles. The third kappa shape index (κ3) is 1.63. The molecule has 76 valence electrons. The van der Waals surface area contributed by atoms with Crippen LogP contribution in [-0.4, -0.2) is 13.4 Å². The van der Waals surface area contributed by atoms with Crippen LogP contribution < -0.4 is 4.74 Å². The van der Waals surface area contributed by atoms with Crippen LogP contribution in [0.4, 0.5) is 0 Å². The average molecular weight is 265 g/mol. The van der Waals surface area contributed by atoms with Crippen LogP contribution in [0.25, 0.3) is 10.8 Å². The maximum Gasteiger partial charge on any atom is 0.154 e. The van der Waals surface area contributed by atoms with E-state index in [1.165, 1.54) is 0 Å². The highest BCUT2D eigenvalue weighted by Gasteiger charge is 2.10. The zero-order valence-corrected chi connectivity index (χ0v) is 9.74. The van der Waals surface area contributed by atoms with Gasteiger partial charge in [-0.2, -0.15) is 0 Å². The van der Waals surface area contributed by atoms with Gasteiger partial charge in [-0.1, -0.05) is 24.3 Å². The van der Waals surface area contributed by atoms with Crippen molar-refractivity contribution in [2.75, 3.05) is 7.11 Å². The fraction of sp³-hybridized carbons (Fsp3) is 0.0833. The van der Waals surface area contributed by atoms with E-state index in [0.29, 0.717) is 11.3 Å². The molecule has 0 radical (unpaired) electrons. The van der Waals surface area contributed by atoms with Crippen molar-refractivity contribution in [1.29, 1.82) is 0 Å². The molecule has 2 aromatic carbocycles. The predicted octanol–water partition coefficient (Wildman–Crippen LogP) is 3.42. The topological polar surface area (TPSA) is 26.3 Å². The summed E-state index contributed by atoms with van der Waals surface area (Å²) in [4.78, 5) is 10.9. The van der Waals surface area contributed by atoms with Gasteiger partial charge in [-0.3, -0.25) is 4.79 Å². The number of methoxy groups -OCH3 is 1. The van der Waals surface area contributed by atoms with Crippen molar-refractivity contribution in [2.45, 2.75) is 0 Å². The lowest BCUT2D eigenvalue weighted by Crippen LogP contribution is -1.92. The van der Waals surface area contributed by atoms with Crippen molar-refractivity contribution in [3.8, 4) is 5.75 Å². The summed E-state index contributed by atoms with van der Waals surface area (Å²) in [7, 11) is 1.56. The lowest BCUT2D eigenvalue weighted by molar-refractivity contribution is 0.112. The van der Waals surface area contributed by atoms with Crippen molar-refractivity contribution in [2.24, 2.45) is 0 Å². The smallest absolute Gasteiger partial charge is 0.154 e. The summed E-state index contributed by atoms with van der Waals surface area (Å²) < 4.78 is 5.95. The van der Waals surface area contributed by atoms with Crippen LogP contribution in [0.15, 0.2) is 34.8 Å². The number of fused-ring (bicyclic) bond motifs is 1. The quantitative estimate of drug-likeness (QED) is 0.777. The molecule has 3 heteroatoms. The summed E-state index contributed by atoms with van der Waals surface area (Å²) >= 11 is 3.42. The van der Waals surface area contributed by atoms with Crippen LogP contribution in [0.5, 0.6) is 5.75 Å². The second-order valence-electron chi connectivity index (χ2n) is 3.15. The van der Waals surface area contributed by atoms with E-state index in [1.807, 2.05) is 30.3 Å². The largest absolute Gasteiger partial charge is 0.496 e. The molecule has 0 amide bonds. The third-order valence-electron chi connectivity index (χ3n) is 2.32. The Kier molecular flexibility index (Phi) is 2.73. The van der Waals surface area contributed by atoms with Crippen LogP contribution >= 0.6 is 15.9 Å². The lowest BCUT2D eigenvalue weighted by atomic mass is 10.1. The number of aldehydes is 1. The van der Waals surface area contributed by atoms with Gasteiger partial charge < -0.3 is 4.74 Å². The summed E-state index contributed by atoms with van der Waals surface area (Å²) in [5.74, 6) is 0.593. The minimum Gasteiger partial charge on any atom is -0.496 e. The number of carbonyl (C=O) groups excluding carboxylic acids is 1. The van der Waals surface area contributed by atoms with E-state index in [9.17, 15) is 4.79 Å². The fourth-order valence-corrected chi connectivity index (χ4v) is 2.22. The van der Waals surface area contributed by atoms with Gasteiger partial charge in [0.2, 0.25) is 0 Å². The second kappa shape index (κ2) is 4.03. The summed E-state index contributed by atoms with van der Waals surface area (Å²) in [5.41, 5.74) is 0.552. The van der Waals surface area contributed by atoms with Crippen molar-refractivity contribution < 1.29 is 9.53 Å². The molecular weight excluding hydrogens is 256 g/mol. The minimum absolute atomic E-state index is 0.552. The molecular formula is C12H9BrO2. The maximum atomic E-state index is 10.9. The summed E-state index contributed by atoms with van der Waals surface area (Å²) in [6.07, 6.45) is 0.801. The zero-order valence-electron chi connectivity index (χ0n) is 8.16. The number of hydrogen-bond acceptors (Lipinski definition) is 2. The molecule has 0 saturated heterocycles. The van der Waals surface area contributed by atoms with Crippen LogP contribution in [0.3, 0.4) is 0 Å². The number of rotatable bonds is 2. The molecule has 0 atom stereocenters. The number of carbonyl (C=O) groups is 1. The molecule has 0 spiro atoms. The molecule has 0 aliphatic heterocycles. The Labute approximate surface area is 96.0 Å². The standard InChI is InChI=1S/C12H9BrO2/c1-15-11-6-8-4-2-3-5-9(8)12(13)10(11)7-14/h2-7H,1H3. The van der Waals surface area contributed by atoms with Crippen LogP contribution in [0, 0.1) is 0 Å². The van der Waals surface area contributed by atoms with Gasteiger partial charge in [0.05, 0.1) is 12.7 Å². The Morgan fingerprint density at radius 2 is 2.07 bits per heavy atom. The Morgan fingerprint density at radius 1 is 1.33 bits per heavy atom. The van der Waals surface area contributed by atoms with Crippen LogP contribution in [-0.2, 0) is 0 Å². The van der Waals surface area contributed by atoms with Crippen molar-refractivity contribution in [1.82, 2.24) is 0 Å². The molecule has 0 saturated carbocycles. The van der Waals surface area contributed by atoms with Crippen LogP contribution in [0.1, 0.15) is 10.4 Å². The number of ether oxygens (including phenoxy) is 1. The first-order valence-corrected chi connectivity index (χ1v) is 5.27. The first kappa shape index (κ1) is 10.2. The van der Waals surface area contributed by atoms with Gasteiger partial charge in [0, 0.05) is 4.47 Å². The van der Waals surface area contributed by atoms with Gasteiger partial charge in [0.15, 0.2) is 6.29 Å². The van der Waals surface area contributed by atoms with E-state index in [1.54, 1.807) is 7.11 Å². The number of hydrogen-bond donors (Lipinski definition) is 0. The highest BCUT2D eigenvalue weighted by molar-refractivity contribution is 9.10. The summed E-state index contributed by atoms with van der Waals surface area (Å²) in [6.45, 7) is 0. The molecule has 0 unspecified atom stereocenters. The lowest BCUT2D eigenvalue weighted by Gasteiger charge is -2.08. The number of halogens is 1. The van der Waals surface area contributed by atoms with Crippen LogP contribution in [0.2, 0.25) is 0 Å². The highest BCUT2D eigenvalue weighted by atomic mass is 79.9. The second-order valence-corrected chi connectivity index (χ2v) is 3.94. The van der Waals surface area contributed by atoms with E-state index in [-0.39, 0.29) is 0 Å². The van der Waals surface area contributed by atoms with Gasteiger partial charge in [-0.05, 0) is 32.8 Å². The number of benzene rings is 2. The van der Waals surface area contributed by atoms with Gasteiger partial charge in [-0.25, -0.2) is 0 Å². The fourth-order valence-electron chi connectivity index (χ4n) is 1.57. The van der Waals surface area contributed by atoms with Crippen molar-refractivity contribution >= 4 is 33.0 Å². The SMILES string of the molecule is COc1cc2ccccc2c(Br)c1C=O. The van der Waals surface area contributed by atoms with Gasteiger partial charge in [0.25, 0.3) is 0 Å². The Bertz CT molecular complexity index is 520. The molecule has 15 heavy (non-hydrogen) atoms. The molecule has 0 aliphatic carbocycles. The first-order valence-electron chi connectivity index (χ1n) is 4.48. The van der Waals surface area contributed by atoms with E-state index >= 15 is 0 Å². The average Bonchev–Trinajstić information content (AvgIpc) is 2.29. The van der Waals surface area contributed by atoms with Crippen molar-refractivity contribution in [3.05, 3.63) is 40.4 Å². The molecule has 0 bridgehead atoms. The highest BCUT2D eigenvalue weighted by Crippen LogP contribution is 2.33. The minimum atomic E-state index is 0.552. The van der Waals surface area contributed by atoms with Gasteiger partial charge in [-0.15, -0.1) is 0 Å². The summed E-state index contributed by atoms with van der Waals surface area (Å²) in [6, 6.07) is 9.70. The van der Waals surface area contributed by atoms with Gasteiger partial charge >= 0.3 is 0 Å². The molecule has 0 aliphatic rings. The molecule has 0 fully saturated rings. The zero-order chi connectivity index (χ0) is 10.8. The van der Waals surface area contributed by atoms with E-state index in [4.69, 9.17) is 4.74 Å². The first-order chi connectivity index (χ1) is 7.27. The third-order valence-corrected chi connectivity index (χ3v) is 3.18. The van der Waals surface area contributed by atoms with E-state index in [0.717, 1.165) is 21.5 Å². The molecule has 0 heterocycles. The van der Waals surface area contributed by atoms with Crippen molar-refractivity contribution in [3.63, 3.8) is 0 Å². The maximum absolute atomic E-state index is 10.9. The van der Waals surface area contributed by atoms with E-state index in [2.05, 4.69) is 15.9 Å². The predicted molar refractivity (Wildman–Crippen MR) is 63.6 cm³/mol. The Morgan fingerprint density at radius 3 is 2.73 bits per heavy atom. The Balaban J connectivity index is 2.87. The normalized spacial score (nSPS) is 10.3. The summed E-state index contributed by atoms with van der Waals surface area (Å²) in [5, 5.41) is 2.06. The molecule has 2 rings (SSSR count). The monoisotopic (exact) mass is 264 g/mol. The molecule has 2 aromatic rings.